The molecule has 1 unspecified atom stereocenters. The Labute approximate surface area is 68.9 Å². The Morgan fingerprint density at radius 2 is 2.09 bits per heavy atom. The molecule has 3 N–H and O–H groups in total. The average molecular weight is 157 g/mol. The summed E-state index contributed by atoms with van der Waals surface area (Å²) in [6, 6.07) is 0.495. The largest absolute Gasteiger partial charge is 0.297 e. The van der Waals surface area contributed by atoms with Gasteiger partial charge in [-0.1, -0.05) is 0 Å². The van der Waals surface area contributed by atoms with E-state index >= 15 is 0 Å². The number of nitrogens with one attached hydrogen (secondary N) is 1. The second-order valence-electron chi connectivity index (χ2n) is 4.27. The number of rotatable bonds is 1. The Balaban J connectivity index is 2.42. The third-order valence-corrected chi connectivity index (χ3v) is 2.37. The monoisotopic (exact) mass is 157 g/mol. The highest BCUT2D eigenvalue weighted by Crippen LogP contribution is 2.19. The third kappa shape index (κ3) is 2.15. The summed E-state index contributed by atoms with van der Waals surface area (Å²) in [6.07, 6.45) is 1.17. The lowest BCUT2D eigenvalue weighted by Crippen LogP contribution is -2.43. The molecule has 66 valence electrons. The van der Waals surface area contributed by atoms with Crippen LogP contribution in [0.4, 0.5) is 0 Å². The van der Waals surface area contributed by atoms with Crippen LogP contribution in [0.5, 0.6) is 0 Å². The summed E-state index contributed by atoms with van der Waals surface area (Å²) >= 11 is 0. The van der Waals surface area contributed by atoms with Crippen LogP contribution in [0.15, 0.2) is 0 Å². The van der Waals surface area contributed by atoms with Gasteiger partial charge in [0.25, 0.3) is 0 Å². The first-order chi connectivity index (χ1) is 5.04. The standard InChI is InChI=1S/C8H19N3/c1-8(2,3)11-5-4-7(6-11)10-9/h7,10H,4-6,9H2,1-3H3. The maximum absolute atomic E-state index is 5.36. The molecular formula is C8H19N3. The maximum atomic E-state index is 5.36. The molecule has 0 spiro atoms. The van der Waals surface area contributed by atoms with Crippen molar-refractivity contribution in [2.75, 3.05) is 13.1 Å². The van der Waals surface area contributed by atoms with Crippen molar-refractivity contribution in [3.63, 3.8) is 0 Å². The minimum atomic E-state index is 0.297. The van der Waals surface area contributed by atoms with E-state index in [1.54, 1.807) is 0 Å². The molecular weight excluding hydrogens is 138 g/mol. The predicted octanol–water partition coefficient (Wildman–Crippen LogP) is 0.323. The number of likely N-dealkylation sites (tertiary alicyclic amines) is 1. The number of hydrazine groups is 1. The van der Waals surface area contributed by atoms with Crippen LogP contribution < -0.4 is 11.3 Å². The zero-order chi connectivity index (χ0) is 8.48. The molecule has 1 heterocycles. The van der Waals surface area contributed by atoms with Gasteiger partial charge >= 0.3 is 0 Å². The van der Waals surface area contributed by atoms with E-state index in [2.05, 4.69) is 31.1 Å². The van der Waals surface area contributed by atoms with E-state index < -0.39 is 0 Å². The van der Waals surface area contributed by atoms with Crippen molar-refractivity contribution in [2.45, 2.75) is 38.8 Å². The molecule has 0 aliphatic carbocycles. The van der Waals surface area contributed by atoms with Crippen molar-refractivity contribution in [1.82, 2.24) is 10.3 Å². The molecule has 0 saturated carbocycles. The molecule has 1 fully saturated rings. The minimum absolute atomic E-state index is 0.297. The molecule has 0 aromatic heterocycles. The topological polar surface area (TPSA) is 41.3 Å². The highest BCUT2D eigenvalue weighted by molar-refractivity contribution is 4.86. The van der Waals surface area contributed by atoms with Gasteiger partial charge in [-0.3, -0.25) is 16.2 Å². The molecule has 1 aliphatic rings. The predicted molar refractivity (Wildman–Crippen MR) is 47.1 cm³/mol. The fourth-order valence-electron chi connectivity index (χ4n) is 1.51. The van der Waals surface area contributed by atoms with Gasteiger partial charge in [0, 0.05) is 24.7 Å². The lowest BCUT2D eigenvalue weighted by atomic mass is 10.1. The first kappa shape index (κ1) is 8.97. The molecule has 0 bridgehead atoms. The minimum Gasteiger partial charge on any atom is -0.297 e. The van der Waals surface area contributed by atoms with Crippen LogP contribution >= 0.6 is 0 Å². The molecule has 0 aromatic rings. The summed E-state index contributed by atoms with van der Waals surface area (Å²) in [4.78, 5) is 2.46. The number of hydrogen-bond donors (Lipinski definition) is 2. The summed E-state index contributed by atoms with van der Waals surface area (Å²) < 4.78 is 0. The smallest absolute Gasteiger partial charge is 0.0350 e. The first-order valence-corrected chi connectivity index (χ1v) is 4.25. The Bertz CT molecular complexity index is 128. The molecule has 3 nitrogen and oxygen atoms in total. The molecule has 0 amide bonds. The second kappa shape index (κ2) is 3.09. The van der Waals surface area contributed by atoms with E-state index in [-0.39, 0.29) is 0 Å². The van der Waals surface area contributed by atoms with E-state index in [0.29, 0.717) is 11.6 Å². The molecule has 1 atom stereocenters. The van der Waals surface area contributed by atoms with E-state index in [1.165, 1.54) is 13.0 Å². The van der Waals surface area contributed by atoms with Crippen LogP contribution in [0.2, 0.25) is 0 Å². The molecule has 1 rings (SSSR count). The van der Waals surface area contributed by atoms with Crippen molar-refractivity contribution < 1.29 is 0 Å². The van der Waals surface area contributed by atoms with Gasteiger partial charge in [0.2, 0.25) is 0 Å². The maximum Gasteiger partial charge on any atom is 0.0350 e. The van der Waals surface area contributed by atoms with Crippen LogP contribution in [0.1, 0.15) is 27.2 Å². The van der Waals surface area contributed by atoms with Crippen LogP contribution in [0.3, 0.4) is 0 Å². The summed E-state index contributed by atoms with van der Waals surface area (Å²) in [5.41, 5.74) is 3.12. The van der Waals surface area contributed by atoms with E-state index in [0.717, 1.165) is 6.54 Å². The van der Waals surface area contributed by atoms with Crippen molar-refractivity contribution >= 4 is 0 Å². The van der Waals surface area contributed by atoms with Crippen LogP contribution in [-0.2, 0) is 0 Å². The SMILES string of the molecule is CC(C)(C)N1CCC(NN)C1. The van der Waals surface area contributed by atoms with Crippen molar-refractivity contribution in [3.05, 3.63) is 0 Å². The lowest BCUT2D eigenvalue weighted by molar-refractivity contribution is 0.171. The van der Waals surface area contributed by atoms with Crippen LogP contribution in [0, 0.1) is 0 Å². The summed E-state index contributed by atoms with van der Waals surface area (Å²) in [5, 5.41) is 0. The van der Waals surface area contributed by atoms with Gasteiger partial charge in [0.1, 0.15) is 0 Å². The third-order valence-electron chi connectivity index (χ3n) is 2.37. The van der Waals surface area contributed by atoms with Crippen molar-refractivity contribution in [2.24, 2.45) is 5.84 Å². The Morgan fingerprint density at radius 3 is 2.36 bits per heavy atom. The number of nitrogens with two attached hydrogens (primary N) is 1. The van der Waals surface area contributed by atoms with Gasteiger partial charge < -0.3 is 0 Å². The molecule has 11 heavy (non-hydrogen) atoms. The Hall–Kier alpha value is -0.120. The van der Waals surface area contributed by atoms with Gasteiger partial charge in [-0.05, 0) is 27.2 Å². The zero-order valence-electron chi connectivity index (χ0n) is 7.72. The van der Waals surface area contributed by atoms with Crippen molar-refractivity contribution in [1.29, 1.82) is 0 Å². The highest BCUT2D eigenvalue weighted by atomic mass is 15.3. The average Bonchev–Trinajstić information content (AvgIpc) is 2.32. The van der Waals surface area contributed by atoms with Gasteiger partial charge in [-0.25, -0.2) is 0 Å². The summed E-state index contributed by atoms with van der Waals surface area (Å²) in [5.74, 6) is 5.36. The van der Waals surface area contributed by atoms with E-state index in [9.17, 15) is 0 Å². The highest BCUT2D eigenvalue weighted by Gasteiger charge is 2.29. The van der Waals surface area contributed by atoms with Crippen LogP contribution in [-0.4, -0.2) is 29.6 Å². The van der Waals surface area contributed by atoms with Crippen LogP contribution in [0.25, 0.3) is 0 Å². The molecule has 0 radical (unpaired) electrons. The first-order valence-electron chi connectivity index (χ1n) is 4.25. The fourth-order valence-corrected chi connectivity index (χ4v) is 1.51. The zero-order valence-corrected chi connectivity index (χ0v) is 7.72. The quantitative estimate of drug-likeness (QED) is 0.425. The molecule has 1 aliphatic heterocycles. The number of nitrogens with zero attached hydrogens (tertiary/aromatic N) is 1. The fraction of sp³-hybridized carbons (Fsp3) is 1.00. The number of hydrogen-bond acceptors (Lipinski definition) is 3. The van der Waals surface area contributed by atoms with Gasteiger partial charge in [-0.15, -0.1) is 0 Å². The lowest BCUT2D eigenvalue weighted by Gasteiger charge is -2.31. The van der Waals surface area contributed by atoms with Crippen molar-refractivity contribution in [3.8, 4) is 0 Å². The molecule has 3 heteroatoms. The van der Waals surface area contributed by atoms with E-state index in [1.807, 2.05) is 0 Å². The van der Waals surface area contributed by atoms with Gasteiger partial charge in [-0.2, -0.15) is 0 Å². The Kier molecular flexibility index (Phi) is 2.52. The van der Waals surface area contributed by atoms with Gasteiger partial charge in [0.05, 0.1) is 0 Å². The summed E-state index contributed by atoms with van der Waals surface area (Å²) in [6.45, 7) is 8.97. The second-order valence-corrected chi connectivity index (χ2v) is 4.27. The molecule has 1 saturated heterocycles. The summed E-state index contributed by atoms with van der Waals surface area (Å²) in [7, 11) is 0. The molecule has 0 aromatic carbocycles. The van der Waals surface area contributed by atoms with E-state index in [4.69, 9.17) is 5.84 Å². The normalized spacial score (nSPS) is 27.8. The van der Waals surface area contributed by atoms with Gasteiger partial charge in [0.15, 0.2) is 0 Å². The Morgan fingerprint density at radius 1 is 1.45 bits per heavy atom.